The van der Waals surface area contributed by atoms with Gasteiger partial charge < -0.3 is 10.6 Å². The molecule has 0 aliphatic carbocycles. The molecule has 82 valence electrons. The molecule has 2 heterocycles. The summed E-state index contributed by atoms with van der Waals surface area (Å²) in [6.45, 7) is 0.489. The smallest absolute Gasteiger partial charge is 0.228 e. The van der Waals surface area contributed by atoms with Crippen molar-refractivity contribution in [3.63, 3.8) is 0 Å². The third-order valence-electron chi connectivity index (χ3n) is 2.52. The van der Waals surface area contributed by atoms with Crippen LogP contribution in [0.25, 0.3) is 0 Å². The molecule has 1 aliphatic heterocycles. The van der Waals surface area contributed by atoms with E-state index in [1.807, 2.05) is 0 Å². The van der Waals surface area contributed by atoms with Gasteiger partial charge in [0.1, 0.15) is 11.0 Å². The van der Waals surface area contributed by atoms with Crippen molar-refractivity contribution in [2.45, 2.75) is 6.42 Å². The summed E-state index contributed by atoms with van der Waals surface area (Å²) in [5.41, 5.74) is 6.29. The van der Waals surface area contributed by atoms with Crippen LogP contribution < -0.4 is 10.6 Å². The molecule has 0 aromatic carbocycles. The van der Waals surface area contributed by atoms with Crippen LogP contribution in [0, 0.1) is 18.3 Å². The van der Waals surface area contributed by atoms with Gasteiger partial charge in [0.15, 0.2) is 0 Å². The van der Waals surface area contributed by atoms with Crippen LogP contribution in [0.5, 0.6) is 0 Å². The van der Waals surface area contributed by atoms with Crippen molar-refractivity contribution < 1.29 is 4.79 Å². The summed E-state index contributed by atoms with van der Waals surface area (Å²) in [6, 6.07) is 3.28. The van der Waals surface area contributed by atoms with Gasteiger partial charge in [-0.1, -0.05) is 11.6 Å². The van der Waals surface area contributed by atoms with Crippen LogP contribution in [0.4, 0.5) is 11.5 Å². The maximum absolute atomic E-state index is 11.7. The van der Waals surface area contributed by atoms with Crippen LogP contribution in [-0.2, 0) is 4.79 Å². The molecule has 2 rings (SSSR count). The van der Waals surface area contributed by atoms with Crippen LogP contribution in [0.3, 0.4) is 0 Å². The first kappa shape index (κ1) is 10.8. The molecule has 16 heavy (non-hydrogen) atoms. The molecule has 1 fully saturated rings. The van der Waals surface area contributed by atoms with Gasteiger partial charge in [0, 0.05) is 18.9 Å². The summed E-state index contributed by atoms with van der Waals surface area (Å²) in [6.07, 6.45) is 5.66. The predicted octanol–water partition coefficient (Wildman–Crippen LogP) is 1.30. The van der Waals surface area contributed by atoms with Crippen LogP contribution in [0.1, 0.15) is 6.42 Å². The first-order chi connectivity index (χ1) is 7.61. The molecule has 4 nitrogen and oxygen atoms in total. The van der Waals surface area contributed by atoms with E-state index in [1.165, 1.54) is 0 Å². The quantitative estimate of drug-likeness (QED) is 0.590. The molecule has 1 aliphatic rings. The largest absolute Gasteiger partial charge is 0.382 e. The SMILES string of the molecule is C#CC1CC(=O)N(c2ccc(Cl)nc2N)C1. The van der Waals surface area contributed by atoms with Crippen LogP contribution in [0.2, 0.25) is 5.15 Å². The Labute approximate surface area is 98.4 Å². The van der Waals surface area contributed by atoms with Crippen molar-refractivity contribution in [2.24, 2.45) is 5.92 Å². The van der Waals surface area contributed by atoms with E-state index in [4.69, 9.17) is 23.8 Å². The van der Waals surface area contributed by atoms with Gasteiger partial charge in [-0.25, -0.2) is 4.98 Å². The van der Waals surface area contributed by atoms with Crippen LogP contribution in [0.15, 0.2) is 12.1 Å². The minimum Gasteiger partial charge on any atom is -0.382 e. The number of carbonyl (C=O) groups excluding carboxylic acids is 1. The highest BCUT2D eigenvalue weighted by Gasteiger charge is 2.30. The zero-order valence-corrected chi connectivity index (χ0v) is 9.24. The van der Waals surface area contributed by atoms with Crippen molar-refractivity contribution in [3.8, 4) is 12.3 Å². The van der Waals surface area contributed by atoms with E-state index in [9.17, 15) is 4.79 Å². The molecule has 1 aromatic heterocycles. The monoisotopic (exact) mass is 235 g/mol. The highest BCUT2D eigenvalue weighted by Crippen LogP contribution is 2.29. The lowest BCUT2D eigenvalue weighted by molar-refractivity contribution is -0.117. The second-order valence-corrected chi connectivity index (χ2v) is 4.00. The molecular weight excluding hydrogens is 226 g/mol. The molecule has 0 bridgehead atoms. The number of nitrogens with zero attached hydrogens (tertiary/aromatic N) is 2. The van der Waals surface area contributed by atoms with Gasteiger partial charge in [-0.2, -0.15) is 0 Å². The first-order valence-corrected chi connectivity index (χ1v) is 5.18. The van der Waals surface area contributed by atoms with E-state index in [2.05, 4.69) is 10.9 Å². The molecule has 0 radical (unpaired) electrons. The Kier molecular flexibility index (Phi) is 2.71. The average molecular weight is 236 g/mol. The Morgan fingerprint density at radius 2 is 2.38 bits per heavy atom. The molecule has 0 spiro atoms. The van der Waals surface area contributed by atoms with E-state index in [1.54, 1.807) is 17.0 Å². The van der Waals surface area contributed by atoms with E-state index in [0.29, 0.717) is 23.8 Å². The molecule has 1 saturated heterocycles. The van der Waals surface area contributed by atoms with E-state index < -0.39 is 0 Å². The predicted molar refractivity (Wildman–Crippen MR) is 63.0 cm³/mol. The maximum atomic E-state index is 11.7. The van der Waals surface area contributed by atoms with Gasteiger partial charge in [0.05, 0.1) is 5.69 Å². The Balaban J connectivity index is 2.32. The van der Waals surface area contributed by atoms with Crippen LogP contribution in [-0.4, -0.2) is 17.4 Å². The molecule has 1 aromatic rings. The molecular formula is C11H10ClN3O. The van der Waals surface area contributed by atoms with Gasteiger partial charge >= 0.3 is 0 Å². The van der Waals surface area contributed by atoms with Gasteiger partial charge in [-0.05, 0) is 12.1 Å². The number of terminal acetylenes is 1. The van der Waals surface area contributed by atoms with Crippen molar-refractivity contribution in [2.75, 3.05) is 17.2 Å². The zero-order chi connectivity index (χ0) is 11.7. The summed E-state index contributed by atoms with van der Waals surface area (Å²) in [5, 5.41) is 0.307. The number of hydrogen-bond acceptors (Lipinski definition) is 3. The molecule has 1 atom stereocenters. The van der Waals surface area contributed by atoms with E-state index in [0.717, 1.165) is 0 Å². The molecule has 0 saturated carbocycles. The highest BCUT2D eigenvalue weighted by atomic mass is 35.5. The zero-order valence-electron chi connectivity index (χ0n) is 8.48. The van der Waals surface area contributed by atoms with Crippen molar-refractivity contribution in [1.29, 1.82) is 0 Å². The number of pyridine rings is 1. The number of nitrogens with two attached hydrogens (primary N) is 1. The van der Waals surface area contributed by atoms with E-state index >= 15 is 0 Å². The first-order valence-electron chi connectivity index (χ1n) is 4.80. The maximum Gasteiger partial charge on any atom is 0.228 e. The Bertz CT molecular complexity index is 481. The minimum atomic E-state index is -0.0532. The Hall–Kier alpha value is -1.73. The number of aromatic nitrogens is 1. The number of carbonyl (C=O) groups is 1. The number of amides is 1. The number of anilines is 2. The Morgan fingerprint density at radius 3 is 2.94 bits per heavy atom. The van der Waals surface area contributed by atoms with E-state index in [-0.39, 0.29) is 17.6 Å². The topological polar surface area (TPSA) is 59.2 Å². The minimum absolute atomic E-state index is 0.0289. The average Bonchev–Trinajstić information content (AvgIpc) is 2.60. The lowest BCUT2D eigenvalue weighted by Gasteiger charge is -2.17. The fourth-order valence-corrected chi connectivity index (χ4v) is 1.88. The number of nitrogen functional groups attached to an aromatic ring is 1. The number of hydrogen-bond donors (Lipinski definition) is 1. The molecule has 2 N–H and O–H groups in total. The Morgan fingerprint density at radius 1 is 1.62 bits per heavy atom. The molecule has 1 unspecified atom stereocenters. The molecule has 5 heteroatoms. The summed E-state index contributed by atoms with van der Waals surface area (Å²) < 4.78 is 0. The lowest BCUT2D eigenvalue weighted by atomic mass is 10.1. The van der Waals surface area contributed by atoms with Crippen molar-refractivity contribution in [3.05, 3.63) is 17.3 Å². The fraction of sp³-hybridized carbons (Fsp3) is 0.273. The van der Waals surface area contributed by atoms with Gasteiger partial charge in [0.25, 0.3) is 0 Å². The van der Waals surface area contributed by atoms with Crippen molar-refractivity contribution >= 4 is 29.0 Å². The third-order valence-corrected chi connectivity index (χ3v) is 2.73. The third kappa shape index (κ3) is 1.82. The molecule has 1 amide bonds. The lowest BCUT2D eigenvalue weighted by Crippen LogP contribution is -2.25. The fourth-order valence-electron chi connectivity index (χ4n) is 1.72. The second kappa shape index (κ2) is 4.03. The number of rotatable bonds is 1. The summed E-state index contributed by atoms with van der Waals surface area (Å²) in [4.78, 5) is 17.2. The van der Waals surface area contributed by atoms with Crippen LogP contribution >= 0.6 is 11.6 Å². The second-order valence-electron chi connectivity index (χ2n) is 3.61. The number of halogens is 1. The standard InChI is InChI=1S/C11H10ClN3O/c1-2-7-5-10(16)15(6-7)8-3-4-9(12)14-11(8)13/h1,3-4,7H,5-6H2,(H2,13,14). The summed E-state index contributed by atoms with van der Waals surface area (Å²) in [5.74, 6) is 2.74. The summed E-state index contributed by atoms with van der Waals surface area (Å²) >= 11 is 5.69. The van der Waals surface area contributed by atoms with Gasteiger partial charge in [-0.15, -0.1) is 12.3 Å². The normalized spacial score (nSPS) is 19.9. The summed E-state index contributed by atoms with van der Waals surface area (Å²) in [7, 11) is 0. The van der Waals surface area contributed by atoms with Gasteiger partial charge in [-0.3, -0.25) is 4.79 Å². The highest BCUT2D eigenvalue weighted by molar-refractivity contribution is 6.29. The van der Waals surface area contributed by atoms with Gasteiger partial charge in [0.2, 0.25) is 5.91 Å². The van der Waals surface area contributed by atoms with Crippen molar-refractivity contribution in [1.82, 2.24) is 4.98 Å².